The lowest BCUT2D eigenvalue weighted by Gasteiger charge is -2.11. The van der Waals surface area contributed by atoms with E-state index < -0.39 is 0 Å². The smallest absolute Gasteiger partial charge is 0.0441 e. The minimum absolute atomic E-state index is 0.731. The summed E-state index contributed by atoms with van der Waals surface area (Å²) in [7, 11) is 0. The van der Waals surface area contributed by atoms with Crippen LogP contribution in [0.5, 0.6) is 0 Å². The molecule has 0 saturated heterocycles. The van der Waals surface area contributed by atoms with Gasteiger partial charge in [0, 0.05) is 11.9 Å². The fourth-order valence-electron chi connectivity index (χ4n) is 2.42. The third-order valence-corrected chi connectivity index (χ3v) is 3.26. The average molecular weight is 175 g/mol. The summed E-state index contributed by atoms with van der Waals surface area (Å²) in [5.74, 6) is 0.731. The first-order valence-corrected chi connectivity index (χ1v) is 5.21. The zero-order chi connectivity index (χ0) is 9.42. The summed E-state index contributed by atoms with van der Waals surface area (Å²) in [5, 5.41) is 0. The van der Waals surface area contributed by atoms with Crippen molar-refractivity contribution in [2.75, 3.05) is 0 Å². The lowest BCUT2D eigenvalue weighted by Crippen LogP contribution is -1.99. The first-order chi connectivity index (χ1) is 6.24. The van der Waals surface area contributed by atoms with Gasteiger partial charge in [0.1, 0.15) is 0 Å². The van der Waals surface area contributed by atoms with Crippen LogP contribution >= 0.6 is 0 Å². The molecular weight excluding hydrogens is 158 g/mol. The Bertz CT molecular complexity index is 328. The van der Waals surface area contributed by atoms with Gasteiger partial charge in [0.2, 0.25) is 0 Å². The number of aryl methyl sites for hydroxylation is 2. The Kier molecular flexibility index (Phi) is 2.10. The molecule has 2 rings (SSSR count). The van der Waals surface area contributed by atoms with Crippen LogP contribution in [0.1, 0.15) is 48.6 Å². The van der Waals surface area contributed by atoms with Gasteiger partial charge in [-0.25, -0.2) is 0 Å². The molecule has 1 heterocycles. The summed E-state index contributed by atoms with van der Waals surface area (Å²) in [5.41, 5.74) is 5.81. The summed E-state index contributed by atoms with van der Waals surface area (Å²) in [6, 6.07) is 0. The molecule has 0 saturated carbocycles. The van der Waals surface area contributed by atoms with E-state index >= 15 is 0 Å². The van der Waals surface area contributed by atoms with Gasteiger partial charge in [0.05, 0.1) is 0 Å². The fourth-order valence-corrected chi connectivity index (χ4v) is 2.42. The Morgan fingerprint density at radius 2 is 2.31 bits per heavy atom. The van der Waals surface area contributed by atoms with Gasteiger partial charge in [-0.1, -0.05) is 13.8 Å². The quantitative estimate of drug-likeness (QED) is 0.639. The molecular formula is C12H17N. The summed E-state index contributed by atoms with van der Waals surface area (Å²) in [6.07, 6.45) is 5.64. The van der Waals surface area contributed by atoms with Gasteiger partial charge in [-0.3, -0.25) is 4.98 Å². The number of rotatable bonds is 1. The SMILES string of the molecule is CCc1cnc2c(c1C)C(C)CC2. The Balaban J connectivity index is 2.56. The van der Waals surface area contributed by atoms with Crippen LogP contribution in [-0.2, 0) is 12.8 Å². The average Bonchev–Trinajstić information content (AvgIpc) is 2.49. The zero-order valence-corrected chi connectivity index (χ0v) is 8.72. The van der Waals surface area contributed by atoms with E-state index in [4.69, 9.17) is 0 Å². The molecule has 70 valence electrons. The molecule has 1 aromatic heterocycles. The molecule has 1 aliphatic carbocycles. The van der Waals surface area contributed by atoms with E-state index in [1.807, 2.05) is 0 Å². The monoisotopic (exact) mass is 175 g/mol. The molecule has 1 aromatic rings. The first-order valence-electron chi connectivity index (χ1n) is 5.21. The normalized spacial score (nSPS) is 20.4. The topological polar surface area (TPSA) is 12.9 Å². The second-order valence-electron chi connectivity index (χ2n) is 4.06. The van der Waals surface area contributed by atoms with Crippen molar-refractivity contribution in [3.05, 3.63) is 28.6 Å². The number of hydrogen-bond acceptors (Lipinski definition) is 1. The van der Waals surface area contributed by atoms with Crippen molar-refractivity contribution < 1.29 is 0 Å². The van der Waals surface area contributed by atoms with Crippen molar-refractivity contribution in [3.8, 4) is 0 Å². The molecule has 0 N–H and O–H groups in total. The number of aromatic nitrogens is 1. The molecule has 0 spiro atoms. The van der Waals surface area contributed by atoms with E-state index in [2.05, 4.69) is 32.0 Å². The molecule has 0 aliphatic heterocycles. The van der Waals surface area contributed by atoms with Gasteiger partial charge in [0.15, 0.2) is 0 Å². The molecule has 0 amide bonds. The Labute approximate surface area is 80.2 Å². The van der Waals surface area contributed by atoms with Crippen molar-refractivity contribution in [2.24, 2.45) is 0 Å². The minimum atomic E-state index is 0.731. The summed E-state index contributed by atoms with van der Waals surface area (Å²) < 4.78 is 0. The predicted octanol–water partition coefficient (Wildman–Crippen LogP) is 3.00. The van der Waals surface area contributed by atoms with E-state index in [-0.39, 0.29) is 0 Å². The second kappa shape index (κ2) is 3.13. The Morgan fingerprint density at radius 1 is 1.54 bits per heavy atom. The molecule has 0 radical (unpaired) electrons. The molecule has 13 heavy (non-hydrogen) atoms. The molecule has 1 nitrogen and oxygen atoms in total. The summed E-state index contributed by atoms with van der Waals surface area (Å²) >= 11 is 0. The van der Waals surface area contributed by atoms with Gasteiger partial charge in [-0.05, 0) is 48.8 Å². The van der Waals surface area contributed by atoms with Crippen LogP contribution < -0.4 is 0 Å². The molecule has 0 fully saturated rings. The minimum Gasteiger partial charge on any atom is -0.261 e. The predicted molar refractivity (Wildman–Crippen MR) is 55.1 cm³/mol. The largest absolute Gasteiger partial charge is 0.261 e. The molecule has 1 atom stereocenters. The van der Waals surface area contributed by atoms with Crippen molar-refractivity contribution in [3.63, 3.8) is 0 Å². The van der Waals surface area contributed by atoms with Crippen LogP contribution in [0.4, 0.5) is 0 Å². The highest BCUT2D eigenvalue weighted by atomic mass is 14.7. The molecule has 0 bridgehead atoms. The highest BCUT2D eigenvalue weighted by Gasteiger charge is 2.22. The third-order valence-electron chi connectivity index (χ3n) is 3.26. The molecule has 1 heteroatoms. The van der Waals surface area contributed by atoms with E-state index in [9.17, 15) is 0 Å². The highest BCUT2D eigenvalue weighted by molar-refractivity contribution is 5.40. The summed E-state index contributed by atoms with van der Waals surface area (Å²) in [6.45, 7) is 6.77. The van der Waals surface area contributed by atoms with Crippen molar-refractivity contribution in [1.82, 2.24) is 4.98 Å². The lowest BCUT2D eigenvalue weighted by molar-refractivity contribution is 0.742. The van der Waals surface area contributed by atoms with E-state index in [1.54, 1.807) is 5.56 Å². The van der Waals surface area contributed by atoms with Gasteiger partial charge >= 0.3 is 0 Å². The van der Waals surface area contributed by atoms with Crippen molar-refractivity contribution in [1.29, 1.82) is 0 Å². The first kappa shape index (κ1) is 8.74. The van der Waals surface area contributed by atoms with Crippen molar-refractivity contribution in [2.45, 2.75) is 46.0 Å². The van der Waals surface area contributed by atoms with Crippen LogP contribution in [0.2, 0.25) is 0 Å². The second-order valence-corrected chi connectivity index (χ2v) is 4.06. The van der Waals surface area contributed by atoms with E-state index in [0.717, 1.165) is 12.3 Å². The van der Waals surface area contributed by atoms with Crippen LogP contribution in [0.15, 0.2) is 6.20 Å². The zero-order valence-electron chi connectivity index (χ0n) is 8.72. The number of pyridine rings is 1. The van der Waals surface area contributed by atoms with E-state index in [1.165, 1.54) is 29.7 Å². The van der Waals surface area contributed by atoms with Crippen LogP contribution in [-0.4, -0.2) is 4.98 Å². The van der Waals surface area contributed by atoms with Gasteiger partial charge in [0.25, 0.3) is 0 Å². The van der Waals surface area contributed by atoms with Crippen LogP contribution in [0.25, 0.3) is 0 Å². The lowest BCUT2D eigenvalue weighted by atomic mass is 9.96. The molecule has 1 unspecified atom stereocenters. The molecule has 0 aromatic carbocycles. The Morgan fingerprint density at radius 3 is 3.00 bits per heavy atom. The highest BCUT2D eigenvalue weighted by Crippen LogP contribution is 2.34. The van der Waals surface area contributed by atoms with Crippen molar-refractivity contribution >= 4 is 0 Å². The van der Waals surface area contributed by atoms with Crippen LogP contribution in [0, 0.1) is 6.92 Å². The maximum atomic E-state index is 4.54. The van der Waals surface area contributed by atoms with Gasteiger partial charge in [-0.15, -0.1) is 0 Å². The molecule has 1 aliphatic rings. The standard InChI is InChI=1S/C12H17N/c1-4-10-7-13-11-6-5-8(2)12(11)9(10)3/h7-8H,4-6H2,1-3H3. The third kappa shape index (κ3) is 1.27. The number of nitrogens with zero attached hydrogens (tertiary/aromatic N) is 1. The fraction of sp³-hybridized carbons (Fsp3) is 0.583. The summed E-state index contributed by atoms with van der Waals surface area (Å²) in [4.78, 5) is 4.54. The number of hydrogen-bond donors (Lipinski definition) is 0. The Hall–Kier alpha value is -0.850. The van der Waals surface area contributed by atoms with Gasteiger partial charge in [-0.2, -0.15) is 0 Å². The van der Waals surface area contributed by atoms with Crippen LogP contribution in [0.3, 0.4) is 0 Å². The van der Waals surface area contributed by atoms with E-state index in [0.29, 0.717) is 0 Å². The maximum Gasteiger partial charge on any atom is 0.0441 e. The maximum absolute atomic E-state index is 4.54. The number of fused-ring (bicyclic) bond motifs is 1. The van der Waals surface area contributed by atoms with Gasteiger partial charge < -0.3 is 0 Å².